The average Bonchev–Trinajstić information content (AvgIpc) is 2.35. The number of hydrogen-bond donors (Lipinski definition) is 0. The molecule has 0 heterocycles. The van der Waals surface area contributed by atoms with Gasteiger partial charge in [-0.3, -0.25) is 4.79 Å². The molecular formula is C17H32O. The smallest absolute Gasteiger partial charge is 0.157 e. The Morgan fingerprint density at radius 3 is 1.56 bits per heavy atom. The minimum Gasteiger partial charge on any atom is -0.295 e. The van der Waals surface area contributed by atoms with Crippen LogP contribution in [-0.4, -0.2) is 5.78 Å². The Kier molecular flexibility index (Phi) is 12.4. The second kappa shape index (κ2) is 12.9. The lowest BCUT2D eigenvalue weighted by Crippen LogP contribution is -1.97. The van der Waals surface area contributed by atoms with E-state index in [0.29, 0.717) is 12.0 Å². The van der Waals surface area contributed by atoms with Gasteiger partial charge < -0.3 is 0 Å². The van der Waals surface area contributed by atoms with Gasteiger partial charge >= 0.3 is 0 Å². The fourth-order valence-electron chi connectivity index (χ4n) is 2.16. The highest BCUT2D eigenvalue weighted by Crippen LogP contribution is 2.12. The summed E-state index contributed by atoms with van der Waals surface area (Å²) in [5.41, 5.74) is 0.710. The number of rotatable bonds is 13. The van der Waals surface area contributed by atoms with Gasteiger partial charge in [0, 0.05) is 6.42 Å². The first kappa shape index (κ1) is 17.4. The molecule has 0 aromatic rings. The van der Waals surface area contributed by atoms with Crippen LogP contribution in [0.5, 0.6) is 0 Å². The largest absolute Gasteiger partial charge is 0.295 e. The Hall–Kier alpha value is -0.590. The van der Waals surface area contributed by atoms with Crippen molar-refractivity contribution in [1.82, 2.24) is 0 Å². The number of Topliss-reactive ketones (excluding diaryl/α,β-unsaturated/α-hetero) is 1. The molecule has 18 heavy (non-hydrogen) atoms. The number of carbonyl (C=O) groups is 1. The first-order valence-electron chi connectivity index (χ1n) is 7.87. The maximum atomic E-state index is 11.3. The summed E-state index contributed by atoms with van der Waals surface area (Å²) in [7, 11) is 0. The summed E-state index contributed by atoms with van der Waals surface area (Å²) in [6.07, 6.45) is 15.3. The van der Waals surface area contributed by atoms with E-state index in [1.165, 1.54) is 64.2 Å². The highest BCUT2D eigenvalue weighted by molar-refractivity contribution is 5.93. The number of carbonyl (C=O) groups excluding carboxylic acids is 1. The van der Waals surface area contributed by atoms with Crippen molar-refractivity contribution in [3.8, 4) is 0 Å². The van der Waals surface area contributed by atoms with E-state index in [9.17, 15) is 4.79 Å². The predicted molar refractivity (Wildman–Crippen MR) is 80.9 cm³/mol. The van der Waals surface area contributed by atoms with Crippen LogP contribution in [0.3, 0.4) is 0 Å². The van der Waals surface area contributed by atoms with Gasteiger partial charge in [0.05, 0.1) is 0 Å². The van der Waals surface area contributed by atoms with Crippen LogP contribution < -0.4 is 0 Å². The second-order valence-electron chi connectivity index (χ2n) is 5.49. The Morgan fingerprint density at radius 1 is 0.778 bits per heavy atom. The van der Waals surface area contributed by atoms with Gasteiger partial charge in [0.2, 0.25) is 0 Å². The normalized spacial score (nSPS) is 10.6. The predicted octanol–water partition coefficient (Wildman–Crippen LogP) is 5.83. The lowest BCUT2D eigenvalue weighted by Gasteiger charge is -2.02. The summed E-state index contributed by atoms with van der Waals surface area (Å²) in [5.74, 6) is 0.242. The Labute approximate surface area is 114 Å². The lowest BCUT2D eigenvalue weighted by molar-refractivity contribution is -0.115. The first-order valence-corrected chi connectivity index (χ1v) is 7.87. The zero-order chi connectivity index (χ0) is 13.6. The standard InChI is InChI=1S/C17H32O/c1-4-5-6-7-8-9-10-11-12-13-14-15-17(18)16(2)3/h2,4-15H2,1,3H3. The van der Waals surface area contributed by atoms with Crippen molar-refractivity contribution < 1.29 is 4.79 Å². The van der Waals surface area contributed by atoms with E-state index in [1.54, 1.807) is 6.92 Å². The number of ketones is 1. The van der Waals surface area contributed by atoms with E-state index in [1.807, 2.05) is 0 Å². The Balaban J connectivity index is 3.07. The second-order valence-corrected chi connectivity index (χ2v) is 5.49. The molecule has 0 aliphatic heterocycles. The fourth-order valence-corrected chi connectivity index (χ4v) is 2.16. The third-order valence-corrected chi connectivity index (χ3v) is 3.48. The maximum absolute atomic E-state index is 11.3. The van der Waals surface area contributed by atoms with E-state index in [4.69, 9.17) is 0 Å². The topological polar surface area (TPSA) is 17.1 Å². The Bertz CT molecular complexity index is 218. The highest BCUT2D eigenvalue weighted by atomic mass is 16.1. The average molecular weight is 252 g/mol. The van der Waals surface area contributed by atoms with Gasteiger partial charge in [0.1, 0.15) is 0 Å². The van der Waals surface area contributed by atoms with E-state index in [-0.39, 0.29) is 5.78 Å². The number of hydrogen-bond acceptors (Lipinski definition) is 1. The minimum absolute atomic E-state index is 0.242. The van der Waals surface area contributed by atoms with Crippen LogP contribution in [0.15, 0.2) is 12.2 Å². The van der Waals surface area contributed by atoms with Crippen LogP contribution in [0.4, 0.5) is 0 Å². The summed E-state index contributed by atoms with van der Waals surface area (Å²) < 4.78 is 0. The molecule has 0 aromatic carbocycles. The van der Waals surface area contributed by atoms with Gasteiger partial charge in [-0.25, -0.2) is 0 Å². The van der Waals surface area contributed by atoms with Crippen LogP contribution in [0.25, 0.3) is 0 Å². The van der Waals surface area contributed by atoms with Crippen LogP contribution in [-0.2, 0) is 4.79 Å². The van der Waals surface area contributed by atoms with Crippen molar-refractivity contribution in [3.63, 3.8) is 0 Å². The molecule has 0 saturated carbocycles. The zero-order valence-corrected chi connectivity index (χ0v) is 12.6. The molecule has 0 rings (SSSR count). The van der Waals surface area contributed by atoms with Gasteiger partial charge in [-0.1, -0.05) is 77.7 Å². The lowest BCUT2D eigenvalue weighted by atomic mass is 10.0. The summed E-state index contributed by atoms with van der Waals surface area (Å²) in [5, 5.41) is 0. The van der Waals surface area contributed by atoms with Crippen molar-refractivity contribution in [3.05, 3.63) is 12.2 Å². The molecule has 0 aliphatic carbocycles. The third-order valence-electron chi connectivity index (χ3n) is 3.48. The summed E-state index contributed by atoms with van der Waals surface area (Å²) in [6.45, 7) is 7.74. The highest BCUT2D eigenvalue weighted by Gasteiger charge is 2.01. The minimum atomic E-state index is 0.242. The third kappa shape index (κ3) is 11.9. The first-order chi connectivity index (χ1) is 8.68. The molecule has 0 bridgehead atoms. The molecule has 0 saturated heterocycles. The monoisotopic (exact) mass is 252 g/mol. The van der Waals surface area contributed by atoms with E-state index in [2.05, 4.69) is 13.5 Å². The molecule has 0 aliphatic rings. The maximum Gasteiger partial charge on any atom is 0.157 e. The molecule has 1 heteroatoms. The van der Waals surface area contributed by atoms with E-state index >= 15 is 0 Å². The van der Waals surface area contributed by atoms with E-state index < -0.39 is 0 Å². The molecule has 1 nitrogen and oxygen atoms in total. The summed E-state index contributed by atoms with van der Waals surface area (Å²) >= 11 is 0. The Morgan fingerprint density at radius 2 is 1.17 bits per heavy atom. The molecule has 0 unspecified atom stereocenters. The van der Waals surface area contributed by atoms with Crippen molar-refractivity contribution in [1.29, 1.82) is 0 Å². The number of unbranched alkanes of at least 4 members (excludes halogenated alkanes) is 10. The van der Waals surface area contributed by atoms with Gasteiger partial charge in [0.15, 0.2) is 5.78 Å². The SMILES string of the molecule is C=C(C)C(=O)CCCCCCCCCCCCC. The summed E-state index contributed by atoms with van der Waals surface area (Å²) in [6, 6.07) is 0. The molecule has 0 N–H and O–H groups in total. The van der Waals surface area contributed by atoms with Crippen molar-refractivity contribution in [2.45, 2.75) is 90.9 Å². The molecule has 0 fully saturated rings. The fraction of sp³-hybridized carbons (Fsp3) is 0.824. The zero-order valence-electron chi connectivity index (χ0n) is 12.6. The van der Waals surface area contributed by atoms with Crippen molar-refractivity contribution in [2.75, 3.05) is 0 Å². The molecule has 0 amide bonds. The van der Waals surface area contributed by atoms with Crippen molar-refractivity contribution in [2.24, 2.45) is 0 Å². The van der Waals surface area contributed by atoms with E-state index in [0.717, 1.165) is 6.42 Å². The van der Waals surface area contributed by atoms with Gasteiger partial charge in [-0.15, -0.1) is 0 Å². The van der Waals surface area contributed by atoms with Crippen LogP contribution in [0, 0.1) is 0 Å². The molecule has 0 spiro atoms. The van der Waals surface area contributed by atoms with Gasteiger partial charge in [-0.05, 0) is 18.9 Å². The van der Waals surface area contributed by atoms with Gasteiger partial charge in [0.25, 0.3) is 0 Å². The van der Waals surface area contributed by atoms with Gasteiger partial charge in [-0.2, -0.15) is 0 Å². The molecular weight excluding hydrogens is 220 g/mol. The van der Waals surface area contributed by atoms with Crippen molar-refractivity contribution >= 4 is 5.78 Å². The molecule has 0 atom stereocenters. The number of allylic oxidation sites excluding steroid dienone is 1. The molecule has 0 radical (unpaired) electrons. The van der Waals surface area contributed by atoms with Crippen LogP contribution >= 0.6 is 0 Å². The van der Waals surface area contributed by atoms with Crippen LogP contribution in [0.2, 0.25) is 0 Å². The van der Waals surface area contributed by atoms with Crippen LogP contribution in [0.1, 0.15) is 90.9 Å². The molecule has 0 aromatic heterocycles. The quantitative estimate of drug-likeness (QED) is 0.297. The summed E-state index contributed by atoms with van der Waals surface area (Å²) in [4.78, 5) is 11.3. The molecule has 106 valence electrons.